The molecule has 0 aliphatic heterocycles. The van der Waals surface area contributed by atoms with Crippen molar-refractivity contribution < 1.29 is 9.21 Å². The first-order valence-corrected chi connectivity index (χ1v) is 6.24. The van der Waals surface area contributed by atoms with Crippen molar-refractivity contribution in [2.24, 2.45) is 0 Å². The van der Waals surface area contributed by atoms with E-state index in [1.807, 2.05) is 12.1 Å². The van der Waals surface area contributed by atoms with E-state index >= 15 is 0 Å². The van der Waals surface area contributed by atoms with E-state index in [1.165, 1.54) is 12.3 Å². The monoisotopic (exact) mass is 355 g/mol. The maximum absolute atomic E-state index is 11.8. The highest BCUT2D eigenvalue weighted by molar-refractivity contribution is 14.1. The van der Waals surface area contributed by atoms with Gasteiger partial charge in [0, 0.05) is 9.77 Å². The number of halogens is 1. The maximum atomic E-state index is 11.8. The van der Waals surface area contributed by atoms with E-state index in [4.69, 9.17) is 4.42 Å². The van der Waals surface area contributed by atoms with Crippen LogP contribution in [0.1, 0.15) is 22.1 Å². The van der Waals surface area contributed by atoms with Crippen LogP contribution in [0.4, 0.5) is 0 Å². The van der Waals surface area contributed by atoms with Gasteiger partial charge in [-0.15, -0.1) is 0 Å². The molecule has 0 aliphatic rings. The van der Waals surface area contributed by atoms with Crippen molar-refractivity contribution in [3.8, 4) is 0 Å². The molecule has 1 N–H and O–H groups in total. The van der Waals surface area contributed by atoms with Crippen molar-refractivity contribution in [2.75, 3.05) is 0 Å². The van der Waals surface area contributed by atoms with Crippen LogP contribution in [0.25, 0.3) is 6.08 Å². The molecule has 0 saturated heterocycles. The van der Waals surface area contributed by atoms with Gasteiger partial charge in [-0.3, -0.25) is 9.78 Å². The van der Waals surface area contributed by atoms with Crippen LogP contribution >= 0.6 is 22.6 Å². The Bertz CT molecular complexity index is 580. The fourth-order valence-electron chi connectivity index (χ4n) is 1.29. The van der Waals surface area contributed by atoms with E-state index in [0.717, 1.165) is 9.26 Å². The molecule has 6 heteroatoms. The number of pyridine rings is 1. The summed E-state index contributed by atoms with van der Waals surface area (Å²) in [5.74, 6) is 0.0286. The zero-order valence-corrected chi connectivity index (χ0v) is 11.5. The molecule has 0 atom stereocenters. The Kier molecular flexibility index (Phi) is 4.08. The Morgan fingerprint density at radius 2 is 2.44 bits per heavy atom. The summed E-state index contributed by atoms with van der Waals surface area (Å²) in [6.45, 7) is 3.87. The molecule has 0 bridgehead atoms. The number of oxazole rings is 1. The van der Waals surface area contributed by atoms with Crippen molar-refractivity contribution in [2.45, 2.75) is 6.54 Å². The Balaban J connectivity index is 2.00. The van der Waals surface area contributed by atoms with Crippen LogP contribution < -0.4 is 5.32 Å². The van der Waals surface area contributed by atoms with Gasteiger partial charge in [0.15, 0.2) is 5.69 Å². The highest BCUT2D eigenvalue weighted by Crippen LogP contribution is 2.08. The summed E-state index contributed by atoms with van der Waals surface area (Å²) in [7, 11) is 0. The molecule has 18 heavy (non-hydrogen) atoms. The van der Waals surface area contributed by atoms with E-state index in [9.17, 15) is 4.79 Å². The number of nitrogens with zero attached hydrogens (tertiary/aromatic N) is 2. The minimum absolute atomic E-state index is 0.232. The van der Waals surface area contributed by atoms with Crippen LogP contribution in [-0.2, 0) is 6.54 Å². The molecule has 0 aliphatic carbocycles. The molecule has 0 spiro atoms. The Labute approximate surface area is 117 Å². The zero-order chi connectivity index (χ0) is 13.0. The van der Waals surface area contributed by atoms with Gasteiger partial charge < -0.3 is 9.73 Å². The summed E-state index contributed by atoms with van der Waals surface area (Å²) < 4.78 is 6.01. The third kappa shape index (κ3) is 2.95. The average molecular weight is 355 g/mol. The standard InChI is InChI=1S/C12H10IN3O2/c1-2-11-16-10(7-18-11)12(17)15-6-9-8(13)4-3-5-14-9/h2-5,7H,1,6H2,(H,15,17). The largest absolute Gasteiger partial charge is 0.444 e. The van der Waals surface area contributed by atoms with Crippen LogP contribution in [0.5, 0.6) is 0 Å². The summed E-state index contributed by atoms with van der Waals surface area (Å²) in [6, 6.07) is 3.78. The molecule has 5 nitrogen and oxygen atoms in total. The molecule has 1 amide bonds. The first kappa shape index (κ1) is 12.7. The maximum Gasteiger partial charge on any atom is 0.273 e. The highest BCUT2D eigenvalue weighted by atomic mass is 127. The van der Waals surface area contributed by atoms with E-state index in [1.54, 1.807) is 6.20 Å². The number of nitrogens with one attached hydrogen (secondary N) is 1. The van der Waals surface area contributed by atoms with Crippen molar-refractivity contribution >= 4 is 34.6 Å². The summed E-state index contributed by atoms with van der Waals surface area (Å²) in [4.78, 5) is 19.9. The predicted octanol–water partition coefficient (Wildman–Crippen LogP) is 2.25. The third-order valence-corrected chi connectivity index (χ3v) is 3.16. The number of amides is 1. The molecule has 0 aromatic carbocycles. The Morgan fingerprint density at radius 1 is 1.61 bits per heavy atom. The van der Waals surface area contributed by atoms with Gasteiger partial charge in [-0.2, -0.15) is 0 Å². The lowest BCUT2D eigenvalue weighted by atomic mass is 10.3. The summed E-state index contributed by atoms with van der Waals surface area (Å²) >= 11 is 2.17. The van der Waals surface area contributed by atoms with E-state index in [-0.39, 0.29) is 11.6 Å². The van der Waals surface area contributed by atoms with E-state index in [2.05, 4.69) is 44.5 Å². The Morgan fingerprint density at radius 3 is 3.11 bits per heavy atom. The molecule has 0 radical (unpaired) electrons. The second kappa shape index (κ2) is 5.76. The first-order valence-electron chi connectivity index (χ1n) is 5.16. The minimum atomic E-state index is -0.298. The van der Waals surface area contributed by atoms with Gasteiger partial charge >= 0.3 is 0 Å². The summed E-state index contributed by atoms with van der Waals surface area (Å²) in [5.41, 5.74) is 1.05. The molecular formula is C12H10IN3O2. The molecule has 2 aromatic heterocycles. The van der Waals surface area contributed by atoms with Crippen LogP contribution in [0.2, 0.25) is 0 Å². The lowest BCUT2D eigenvalue weighted by Gasteiger charge is -2.03. The Hall–Kier alpha value is -1.70. The van der Waals surface area contributed by atoms with Crippen molar-refractivity contribution in [1.82, 2.24) is 15.3 Å². The van der Waals surface area contributed by atoms with Crippen molar-refractivity contribution in [3.63, 3.8) is 0 Å². The van der Waals surface area contributed by atoms with Gasteiger partial charge in [0.05, 0.1) is 12.2 Å². The number of aromatic nitrogens is 2. The smallest absolute Gasteiger partial charge is 0.273 e. The number of rotatable bonds is 4. The van der Waals surface area contributed by atoms with Gasteiger partial charge in [-0.1, -0.05) is 6.58 Å². The number of carbonyl (C=O) groups is 1. The van der Waals surface area contributed by atoms with Gasteiger partial charge in [0.2, 0.25) is 5.89 Å². The quantitative estimate of drug-likeness (QED) is 0.855. The fraction of sp³-hybridized carbons (Fsp3) is 0.0833. The highest BCUT2D eigenvalue weighted by Gasteiger charge is 2.11. The van der Waals surface area contributed by atoms with Crippen LogP contribution in [0.15, 0.2) is 35.6 Å². The predicted molar refractivity (Wildman–Crippen MR) is 74.7 cm³/mol. The van der Waals surface area contributed by atoms with Gasteiger partial charge in [-0.25, -0.2) is 4.98 Å². The second-order valence-electron chi connectivity index (χ2n) is 3.39. The minimum Gasteiger partial charge on any atom is -0.444 e. The molecule has 0 saturated carbocycles. The van der Waals surface area contributed by atoms with Crippen molar-refractivity contribution in [1.29, 1.82) is 0 Å². The molecule has 92 valence electrons. The van der Waals surface area contributed by atoms with Crippen LogP contribution in [0, 0.1) is 3.57 Å². The lowest BCUT2D eigenvalue weighted by molar-refractivity contribution is 0.0945. The fourth-order valence-corrected chi connectivity index (χ4v) is 1.83. The van der Waals surface area contributed by atoms with Crippen molar-refractivity contribution in [3.05, 3.63) is 52.0 Å². The molecule has 2 rings (SSSR count). The van der Waals surface area contributed by atoms with Gasteiger partial charge in [-0.05, 0) is 40.8 Å². The number of hydrogen-bond acceptors (Lipinski definition) is 4. The first-order chi connectivity index (χ1) is 8.70. The second-order valence-corrected chi connectivity index (χ2v) is 4.55. The normalized spacial score (nSPS) is 10.1. The topological polar surface area (TPSA) is 68.0 Å². The average Bonchev–Trinajstić information content (AvgIpc) is 2.86. The molecule has 0 unspecified atom stereocenters. The van der Waals surface area contributed by atoms with Crippen LogP contribution in [0.3, 0.4) is 0 Å². The van der Waals surface area contributed by atoms with E-state index in [0.29, 0.717) is 12.4 Å². The molecular weight excluding hydrogens is 345 g/mol. The van der Waals surface area contributed by atoms with Crippen LogP contribution in [-0.4, -0.2) is 15.9 Å². The summed E-state index contributed by atoms with van der Waals surface area (Å²) in [6.07, 6.45) is 4.43. The van der Waals surface area contributed by atoms with E-state index < -0.39 is 0 Å². The lowest BCUT2D eigenvalue weighted by Crippen LogP contribution is -2.24. The number of hydrogen-bond donors (Lipinski definition) is 1. The summed E-state index contributed by atoms with van der Waals surface area (Å²) in [5, 5.41) is 2.73. The molecule has 2 heterocycles. The molecule has 0 fully saturated rings. The molecule has 2 aromatic rings. The van der Waals surface area contributed by atoms with Gasteiger partial charge in [0.25, 0.3) is 5.91 Å². The SMILES string of the molecule is C=Cc1nc(C(=O)NCc2ncccc2I)co1. The number of carbonyl (C=O) groups excluding carboxylic acids is 1. The third-order valence-electron chi connectivity index (χ3n) is 2.18. The van der Waals surface area contributed by atoms with Gasteiger partial charge in [0.1, 0.15) is 6.26 Å². The zero-order valence-electron chi connectivity index (χ0n) is 9.39.